The van der Waals surface area contributed by atoms with Gasteiger partial charge in [-0.3, -0.25) is 9.59 Å². The third kappa shape index (κ3) is 2.95. The average Bonchev–Trinajstić information content (AvgIpc) is 3.07. The summed E-state index contributed by atoms with van der Waals surface area (Å²) in [6.45, 7) is 3.81. The molecular weight excluding hydrogens is 378 g/mol. The summed E-state index contributed by atoms with van der Waals surface area (Å²) >= 11 is 0. The van der Waals surface area contributed by atoms with Gasteiger partial charge in [0.2, 0.25) is 5.76 Å². The number of benzene rings is 3. The van der Waals surface area contributed by atoms with Gasteiger partial charge in [0.05, 0.1) is 17.0 Å². The first-order valence-electron chi connectivity index (χ1n) is 9.73. The molecule has 0 saturated heterocycles. The number of para-hydroxylation sites is 1. The second-order valence-corrected chi connectivity index (χ2v) is 7.53. The standard InChI is InChI=1S/C25H19NO4/c1-14-11-15(2)23-19(12-14)22(27)20-21(26-25(28)24(20)30-23)16-7-6-10-18(13-16)29-17-8-4-3-5-9-17/h3-13,21H,1-2H3,(H,26,28). The lowest BCUT2D eigenvalue weighted by Crippen LogP contribution is -2.22. The van der Waals surface area contributed by atoms with Crippen LogP contribution >= 0.6 is 0 Å². The lowest BCUT2D eigenvalue weighted by molar-refractivity contribution is 0.0938. The van der Waals surface area contributed by atoms with E-state index in [1.807, 2.05) is 80.6 Å². The highest BCUT2D eigenvalue weighted by Gasteiger charge is 2.36. The second-order valence-electron chi connectivity index (χ2n) is 7.53. The summed E-state index contributed by atoms with van der Waals surface area (Å²) in [4.78, 5) is 26.0. The molecular formula is C25H19NO4. The third-order valence-electron chi connectivity index (χ3n) is 5.30. The molecule has 0 aliphatic carbocycles. The van der Waals surface area contributed by atoms with Gasteiger partial charge in [0.1, 0.15) is 17.1 Å². The van der Waals surface area contributed by atoms with E-state index in [0.717, 1.165) is 16.7 Å². The fourth-order valence-corrected chi connectivity index (χ4v) is 4.00. The molecule has 148 valence electrons. The van der Waals surface area contributed by atoms with Crippen molar-refractivity contribution >= 4 is 16.9 Å². The SMILES string of the molecule is Cc1cc(C)c2oc3c(c(=O)c2c1)C(c1cccc(Oc2ccccc2)c1)NC3=O. The number of aryl methyl sites for hydroxylation is 2. The van der Waals surface area contributed by atoms with Crippen LogP contribution in [0.5, 0.6) is 11.5 Å². The van der Waals surface area contributed by atoms with Gasteiger partial charge in [-0.1, -0.05) is 36.4 Å². The number of carbonyl (C=O) groups is 1. The van der Waals surface area contributed by atoms with Gasteiger partial charge >= 0.3 is 0 Å². The minimum absolute atomic E-state index is 0.0823. The first-order chi connectivity index (χ1) is 14.5. The van der Waals surface area contributed by atoms with Crippen molar-refractivity contribution in [3.05, 3.63) is 105 Å². The van der Waals surface area contributed by atoms with Crippen LogP contribution in [0.2, 0.25) is 0 Å². The molecule has 30 heavy (non-hydrogen) atoms. The number of hydrogen-bond acceptors (Lipinski definition) is 4. The van der Waals surface area contributed by atoms with Gasteiger partial charge in [0.15, 0.2) is 5.43 Å². The largest absolute Gasteiger partial charge is 0.457 e. The van der Waals surface area contributed by atoms with E-state index in [0.29, 0.717) is 28.0 Å². The highest BCUT2D eigenvalue weighted by molar-refractivity contribution is 5.99. The van der Waals surface area contributed by atoms with Gasteiger partial charge in [-0.15, -0.1) is 0 Å². The minimum atomic E-state index is -0.590. The van der Waals surface area contributed by atoms with Gasteiger partial charge in [0.25, 0.3) is 5.91 Å². The van der Waals surface area contributed by atoms with Gasteiger partial charge in [-0.2, -0.15) is 0 Å². The summed E-state index contributed by atoms with van der Waals surface area (Å²) < 4.78 is 11.8. The zero-order valence-electron chi connectivity index (χ0n) is 16.6. The topological polar surface area (TPSA) is 68.5 Å². The van der Waals surface area contributed by atoms with Gasteiger partial charge in [-0.25, -0.2) is 0 Å². The maximum absolute atomic E-state index is 13.3. The smallest absolute Gasteiger partial charge is 0.288 e. The van der Waals surface area contributed by atoms with Crippen molar-refractivity contribution < 1.29 is 13.9 Å². The molecule has 5 heteroatoms. The Kier molecular flexibility index (Phi) is 4.17. The van der Waals surface area contributed by atoms with Crippen LogP contribution < -0.4 is 15.5 Å². The normalized spacial score (nSPS) is 15.1. The molecule has 0 bridgehead atoms. The predicted octanol–water partition coefficient (Wildman–Crippen LogP) is 5.03. The summed E-state index contributed by atoms with van der Waals surface area (Å²) in [5, 5.41) is 3.38. The van der Waals surface area contributed by atoms with Crippen molar-refractivity contribution in [1.82, 2.24) is 5.32 Å². The third-order valence-corrected chi connectivity index (χ3v) is 5.30. The highest BCUT2D eigenvalue weighted by Crippen LogP contribution is 2.34. The minimum Gasteiger partial charge on any atom is -0.457 e. The van der Waals surface area contributed by atoms with Gasteiger partial charge < -0.3 is 14.5 Å². The van der Waals surface area contributed by atoms with E-state index in [2.05, 4.69) is 5.32 Å². The number of ether oxygens (including phenoxy) is 1. The zero-order valence-corrected chi connectivity index (χ0v) is 16.6. The lowest BCUT2D eigenvalue weighted by atomic mass is 9.98. The Morgan fingerprint density at radius 3 is 2.47 bits per heavy atom. The van der Waals surface area contributed by atoms with E-state index < -0.39 is 6.04 Å². The monoisotopic (exact) mass is 397 g/mol. The van der Waals surface area contributed by atoms with Crippen LogP contribution in [0.1, 0.15) is 38.9 Å². The Labute approximate surface area is 172 Å². The molecule has 0 radical (unpaired) electrons. The van der Waals surface area contributed by atoms with E-state index in [1.54, 1.807) is 0 Å². The Morgan fingerprint density at radius 2 is 1.67 bits per heavy atom. The van der Waals surface area contributed by atoms with E-state index in [1.165, 1.54) is 0 Å². The molecule has 5 rings (SSSR count). The number of fused-ring (bicyclic) bond motifs is 2. The Hall–Kier alpha value is -3.86. The number of rotatable bonds is 3. The number of hydrogen-bond donors (Lipinski definition) is 1. The van der Waals surface area contributed by atoms with Gasteiger partial charge in [-0.05, 0) is 60.9 Å². The zero-order chi connectivity index (χ0) is 20.8. The van der Waals surface area contributed by atoms with Crippen molar-refractivity contribution in [3.8, 4) is 11.5 Å². The summed E-state index contributed by atoms with van der Waals surface area (Å²) in [6, 6.07) is 20.0. The fourth-order valence-electron chi connectivity index (χ4n) is 4.00. The first-order valence-corrected chi connectivity index (χ1v) is 9.73. The summed E-state index contributed by atoms with van der Waals surface area (Å²) in [7, 11) is 0. The number of carbonyl (C=O) groups excluding carboxylic acids is 1. The fraction of sp³-hybridized carbons (Fsp3) is 0.120. The first kappa shape index (κ1) is 18.2. The molecule has 1 N–H and O–H groups in total. The average molecular weight is 397 g/mol. The van der Waals surface area contributed by atoms with Crippen molar-refractivity contribution in [3.63, 3.8) is 0 Å². The summed E-state index contributed by atoms with van der Waals surface area (Å²) in [5.74, 6) is 1.03. The molecule has 1 atom stereocenters. The molecule has 5 nitrogen and oxygen atoms in total. The van der Waals surface area contributed by atoms with Crippen LogP contribution in [0, 0.1) is 13.8 Å². The molecule has 3 aromatic carbocycles. The molecule has 1 amide bonds. The van der Waals surface area contributed by atoms with Crippen LogP contribution in [0.15, 0.2) is 75.9 Å². The summed E-state index contributed by atoms with van der Waals surface area (Å²) in [5.41, 5.74) is 3.18. The van der Waals surface area contributed by atoms with Crippen LogP contribution in [0.3, 0.4) is 0 Å². The number of nitrogens with one attached hydrogen (secondary N) is 1. The molecule has 1 aromatic heterocycles. The van der Waals surface area contributed by atoms with E-state index in [4.69, 9.17) is 9.15 Å². The molecule has 4 aromatic rings. The van der Waals surface area contributed by atoms with Crippen molar-refractivity contribution in [2.24, 2.45) is 0 Å². The Bertz CT molecular complexity index is 1360. The molecule has 2 heterocycles. The highest BCUT2D eigenvalue weighted by atomic mass is 16.5. The predicted molar refractivity (Wildman–Crippen MR) is 114 cm³/mol. The van der Waals surface area contributed by atoms with Crippen LogP contribution in [0.4, 0.5) is 0 Å². The van der Waals surface area contributed by atoms with Crippen LogP contribution in [-0.4, -0.2) is 5.91 Å². The quantitative estimate of drug-likeness (QED) is 0.526. The maximum Gasteiger partial charge on any atom is 0.288 e. The van der Waals surface area contributed by atoms with Gasteiger partial charge in [0, 0.05) is 0 Å². The summed E-state index contributed by atoms with van der Waals surface area (Å²) in [6.07, 6.45) is 0. The molecule has 1 unspecified atom stereocenters. The van der Waals surface area contributed by atoms with Crippen molar-refractivity contribution in [2.45, 2.75) is 19.9 Å². The molecule has 0 saturated carbocycles. The van der Waals surface area contributed by atoms with Crippen molar-refractivity contribution in [2.75, 3.05) is 0 Å². The van der Waals surface area contributed by atoms with E-state index in [-0.39, 0.29) is 17.1 Å². The van der Waals surface area contributed by atoms with Crippen LogP contribution in [-0.2, 0) is 0 Å². The van der Waals surface area contributed by atoms with E-state index in [9.17, 15) is 9.59 Å². The number of amides is 1. The van der Waals surface area contributed by atoms with E-state index >= 15 is 0 Å². The maximum atomic E-state index is 13.3. The Morgan fingerprint density at radius 1 is 0.900 bits per heavy atom. The molecule has 1 aliphatic rings. The second kappa shape index (κ2) is 6.88. The Balaban J connectivity index is 1.62. The molecule has 0 fully saturated rings. The van der Waals surface area contributed by atoms with Crippen LogP contribution in [0.25, 0.3) is 11.0 Å². The van der Waals surface area contributed by atoms with Crippen molar-refractivity contribution in [1.29, 1.82) is 0 Å². The molecule has 1 aliphatic heterocycles. The molecule has 0 spiro atoms. The lowest BCUT2D eigenvalue weighted by Gasteiger charge is -2.14.